The number of likely N-dealkylation sites (N-methyl/N-ethyl adjacent to an activating group) is 1. The summed E-state index contributed by atoms with van der Waals surface area (Å²) in [7, 11) is 2.94. The summed E-state index contributed by atoms with van der Waals surface area (Å²) in [6.45, 7) is 6.11. The number of nitrogens with zero attached hydrogens (tertiary/aromatic N) is 2. The topological polar surface area (TPSA) is 68.3 Å². The first-order valence-corrected chi connectivity index (χ1v) is 8.72. The fourth-order valence-corrected chi connectivity index (χ4v) is 2.70. The van der Waals surface area contributed by atoms with Gasteiger partial charge in [-0.15, -0.1) is 0 Å². The predicted octanol–water partition coefficient (Wildman–Crippen LogP) is 2.22. The van der Waals surface area contributed by atoms with Crippen LogP contribution in [0.25, 0.3) is 6.08 Å². The van der Waals surface area contributed by atoms with E-state index in [1.165, 1.54) is 12.0 Å². The van der Waals surface area contributed by atoms with E-state index in [0.29, 0.717) is 30.4 Å². The van der Waals surface area contributed by atoms with Crippen LogP contribution in [-0.2, 0) is 14.3 Å². The molecule has 0 bridgehead atoms. The molecule has 1 aromatic rings. The molecule has 0 aliphatic carbocycles. The van der Waals surface area contributed by atoms with Crippen molar-refractivity contribution in [1.29, 1.82) is 0 Å². The Hall–Kier alpha value is -2.87. The highest BCUT2D eigenvalue weighted by Crippen LogP contribution is 2.30. The fourth-order valence-electron chi connectivity index (χ4n) is 2.45. The van der Waals surface area contributed by atoms with Crippen molar-refractivity contribution in [2.24, 2.45) is 0 Å². The molecule has 0 saturated carbocycles. The number of carbonyl (C=O) groups excluding carboxylic acids is 2. The fraction of sp³-hybridized carbons (Fsp3) is 0.316. The molecule has 1 aromatic carbocycles. The summed E-state index contributed by atoms with van der Waals surface area (Å²) in [6.07, 6.45) is 3.33. The highest BCUT2D eigenvalue weighted by atomic mass is 32.1. The highest BCUT2D eigenvalue weighted by Gasteiger charge is 2.37. The third-order valence-corrected chi connectivity index (χ3v) is 4.28. The molecule has 8 heteroatoms. The largest absolute Gasteiger partial charge is 0.490 e. The van der Waals surface area contributed by atoms with E-state index >= 15 is 0 Å². The number of thiocarbonyl (C=S) groups is 1. The van der Waals surface area contributed by atoms with Gasteiger partial charge in [0.2, 0.25) is 0 Å². The molecule has 1 saturated heterocycles. The van der Waals surface area contributed by atoms with Crippen LogP contribution in [0.4, 0.5) is 0 Å². The summed E-state index contributed by atoms with van der Waals surface area (Å²) in [6, 6.07) is 5.36. The van der Waals surface area contributed by atoms with Gasteiger partial charge >= 0.3 is 5.97 Å². The minimum Gasteiger partial charge on any atom is -0.490 e. The summed E-state index contributed by atoms with van der Waals surface area (Å²) in [4.78, 5) is 26.9. The van der Waals surface area contributed by atoms with Gasteiger partial charge in [-0.25, -0.2) is 0 Å². The highest BCUT2D eigenvalue weighted by molar-refractivity contribution is 7.80. The number of amides is 1. The van der Waals surface area contributed by atoms with Crippen LogP contribution in [0, 0.1) is 0 Å². The molecule has 27 heavy (non-hydrogen) atoms. The van der Waals surface area contributed by atoms with E-state index in [1.807, 2.05) is 6.92 Å². The van der Waals surface area contributed by atoms with Crippen LogP contribution < -0.4 is 9.47 Å². The summed E-state index contributed by atoms with van der Waals surface area (Å²) in [5.41, 5.74) is 1.09. The monoisotopic (exact) mass is 390 g/mol. The maximum atomic E-state index is 12.7. The molecule has 0 spiro atoms. The standard InChI is InChI=1S/C19H22N2O5S/c1-5-9-26-15-8-7-13(11-16(15)25-6-2)10-14-18(23)21(12-17(22)24-4)19(27)20(14)3/h5,7-8,10-11H,1,6,9,12H2,2-4H3/b14-10-. The molecule has 1 aliphatic heterocycles. The average Bonchev–Trinajstić information content (AvgIpc) is 2.85. The molecule has 0 atom stereocenters. The van der Waals surface area contributed by atoms with Crippen LogP contribution in [0.1, 0.15) is 12.5 Å². The third-order valence-electron chi connectivity index (χ3n) is 3.79. The van der Waals surface area contributed by atoms with Crippen molar-refractivity contribution in [3.05, 3.63) is 42.1 Å². The van der Waals surface area contributed by atoms with Gasteiger partial charge in [-0.1, -0.05) is 18.7 Å². The molecule has 1 amide bonds. The molecule has 2 rings (SSSR count). The zero-order chi connectivity index (χ0) is 20.0. The van der Waals surface area contributed by atoms with E-state index in [2.05, 4.69) is 11.3 Å². The van der Waals surface area contributed by atoms with Crippen LogP contribution in [0.5, 0.6) is 11.5 Å². The van der Waals surface area contributed by atoms with Crippen molar-refractivity contribution in [2.75, 3.05) is 33.9 Å². The van der Waals surface area contributed by atoms with E-state index < -0.39 is 5.97 Å². The molecular weight excluding hydrogens is 368 g/mol. The predicted molar refractivity (Wildman–Crippen MR) is 105 cm³/mol. The Balaban J connectivity index is 2.32. The Kier molecular flexibility index (Phi) is 6.95. The minimum absolute atomic E-state index is 0.228. The first-order valence-electron chi connectivity index (χ1n) is 8.31. The summed E-state index contributed by atoms with van der Waals surface area (Å²) in [5.74, 6) is 0.254. The number of hydrogen-bond donors (Lipinski definition) is 0. The Morgan fingerprint density at radius 3 is 2.67 bits per heavy atom. The molecule has 0 radical (unpaired) electrons. The molecule has 1 heterocycles. The van der Waals surface area contributed by atoms with E-state index in [-0.39, 0.29) is 17.6 Å². The Bertz CT molecular complexity index is 790. The van der Waals surface area contributed by atoms with Crippen LogP contribution in [0.15, 0.2) is 36.6 Å². The summed E-state index contributed by atoms with van der Waals surface area (Å²) in [5, 5.41) is 0.243. The quantitative estimate of drug-likeness (QED) is 0.292. The molecule has 144 valence electrons. The van der Waals surface area contributed by atoms with Crippen molar-refractivity contribution >= 4 is 35.3 Å². The van der Waals surface area contributed by atoms with Gasteiger partial charge in [0, 0.05) is 7.05 Å². The Morgan fingerprint density at radius 2 is 2.04 bits per heavy atom. The van der Waals surface area contributed by atoms with Gasteiger partial charge in [0.25, 0.3) is 5.91 Å². The van der Waals surface area contributed by atoms with Gasteiger partial charge < -0.3 is 19.1 Å². The maximum absolute atomic E-state index is 12.7. The first-order chi connectivity index (χ1) is 12.9. The van der Waals surface area contributed by atoms with E-state index in [1.54, 1.807) is 42.3 Å². The van der Waals surface area contributed by atoms with Crippen molar-refractivity contribution in [1.82, 2.24) is 9.80 Å². The lowest BCUT2D eigenvalue weighted by Crippen LogP contribution is -2.36. The number of rotatable bonds is 8. The van der Waals surface area contributed by atoms with Crippen LogP contribution in [-0.4, -0.2) is 60.7 Å². The lowest BCUT2D eigenvalue weighted by molar-refractivity contribution is -0.143. The van der Waals surface area contributed by atoms with Gasteiger partial charge in [0.1, 0.15) is 18.8 Å². The number of ether oxygens (including phenoxy) is 3. The SMILES string of the molecule is C=CCOc1ccc(/C=C2/C(=O)N(CC(=O)OC)C(=S)N2C)cc1OCC. The summed E-state index contributed by atoms with van der Waals surface area (Å²) >= 11 is 5.26. The second kappa shape index (κ2) is 9.18. The smallest absolute Gasteiger partial charge is 0.325 e. The first kappa shape index (κ1) is 20.4. The maximum Gasteiger partial charge on any atom is 0.325 e. The van der Waals surface area contributed by atoms with Crippen molar-refractivity contribution in [3.8, 4) is 11.5 Å². The van der Waals surface area contributed by atoms with Crippen molar-refractivity contribution in [2.45, 2.75) is 6.92 Å². The molecule has 1 fully saturated rings. The molecule has 0 unspecified atom stereocenters. The minimum atomic E-state index is -0.539. The van der Waals surface area contributed by atoms with Gasteiger partial charge in [0.15, 0.2) is 16.6 Å². The normalized spacial score (nSPS) is 15.3. The zero-order valence-corrected chi connectivity index (χ0v) is 16.4. The number of carbonyl (C=O) groups is 2. The van der Waals surface area contributed by atoms with Gasteiger partial charge in [0.05, 0.1) is 13.7 Å². The number of hydrogen-bond acceptors (Lipinski definition) is 6. The van der Waals surface area contributed by atoms with E-state index in [4.69, 9.17) is 21.7 Å². The second-order valence-electron chi connectivity index (χ2n) is 5.58. The average molecular weight is 390 g/mol. The Morgan fingerprint density at radius 1 is 1.30 bits per heavy atom. The molecule has 0 N–H and O–H groups in total. The molecule has 1 aliphatic rings. The number of methoxy groups -OCH3 is 1. The molecule has 7 nitrogen and oxygen atoms in total. The third kappa shape index (κ3) is 4.65. The van der Waals surface area contributed by atoms with Gasteiger partial charge in [-0.2, -0.15) is 0 Å². The number of benzene rings is 1. The second-order valence-corrected chi connectivity index (χ2v) is 5.94. The van der Waals surface area contributed by atoms with Gasteiger partial charge in [-0.3, -0.25) is 14.5 Å². The van der Waals surface area contributed by atoms with E-state index in [9.17, 15) is 9.59 Å². The zero-order valence-electron chi connectivity index (χ0n) is 15.6. The van der Waals surface area contributed by atoms with Crippen LogP contribution in [0.2, 0.25) is 0 Å². The molecular formula is C19H22N2O5S. The van der Waals surface area contributed by atoms with Crippen LogP contribution >= 0.6 is 12.2 Å². The van der Waals surface area contributed by atoms with Gasteiger partial charge in [-0.05, 0) is 42.9 Å². The Labute approximate surface area is 163 Å². The van der Waals surface area contributed by atoms with Crippen molar-refractivity contribution < 1.29 is 23.8 Å². The lowest BCUT2D eigenvalue weighted by Gasteiger charge is -2.14. The van der Waals surface area contributed by atoms with Crippen LogP contribution in [0.3, 0.4) is 0 Å². The molecule has 0 aromatic heterocycles. The lowest BCUT2D eigenvalue weighted by atomic mass is 10.1. The summed E-state index contributed by atoms with van der Waals surface area (Å²) < 4.78 is 15.8. The number of esters is 1. The van der Waals surface area contributed by atoms with E-state index in [0.717, 1.165) is 5.56 Å². The van der Waals surface area contributed by atoms with Crippen molar-refractivity contribution in [3.63, 3.8) is 0 Å².